The van der Waals surface area contributed by atoms with Crippen LogP contribution in [0.4, 0.5) is 0 Å². The van der Waals surface area contributed by atoms with Gasteiger partial charge in [0.1, 0.15) is 18.1 Å². The Morgan fingerprint density at radius 1 is 1.10 bits per heavy atom. The van der Waals surface area contributed by atoms with Gasteiger partial charge in [0.25, 0.3) is 0 Å². The van der Waals surface area contributed by atoms with Gasteiger partial charge < -0.3 is 14.8 Å². The van der Waals surface area contributed by atoms with Crippen LogP contribution in [0.25, 0.3) is 0 Å². The number of benzene rings is 2. The zero-order chi connectivity index (χ0) is 15.1. The molecule has 0 spiro atoms. The van der Waals surface area contributed by atoms with E-state index in [4.69, 9.17) is 21.1 Å². The van der Waals surface area contributed by atoms with Crippen LogP contribution in [0, 0.1) is 0 Å². The Morgan fingerprint density at radius 2 is 1.86 bits per heavy atom. The summed E-state index contributed by atoms with van der Waals surface area (Å²) in [6.45, 7) is 4.28. The van der Waals surface area contributed by atoms with Crippen LogP contribution < -0.4 is 14.8 Å². The minimum Gasteiger partial charge on any atom is -0.497 e. The van der Waals surface area contributed by atoms with E-state index in [-0.39, 0.29) is 0 Å². The van der Waals surface area contributed by atoms with Crippen molar-refractivity contribution in [1.82, 2.24) is 5.32 Å². The van der Waals surface area contributed by atoms with E-state index in [1.165, 1.54) is 0 Å². The molecule has 2 rings (SSSR count). The van der Waals surface area contributed by atoms with Crippen molar-refractivity contribution in [3.8, 4) is 11.5 Å². The Bertz CT molecular complexity index is 570. The van der Waals surface area contributed by atoms with E-state index in [9.17, 15) is 0 Å². The Balaban J connectivity index is 2.10. The van der Waals surface area contributed by atoms with Crippen LogP contribution in [0.2, 0.25) is 5.02 Å². The van der Waals surface area contributed by atoms with Crippen molar-refractivity contribution in [3.05, 3.63) is 58.6 Å². The summed E-state index contributed by atoms with van der Waals surface area (Å²) in [4.78, 5) is 0. The number of methoxy groups -OCH3 is 1. The summed E-state index contributed by atoms with van der Waals surface area (Å²) < 4.78 is 11.2. The van der Waals surface area contributed by atoms with E-state index in [0.29, 0.717) is 6.61 Å². The largest absolute Gasteiger partial charge is 0.497 e. The molecule has 0 atom stereocenters. The molecule has 0 heterocycles. The third kappa shape index (κ3) is 4.66. The molecule has 0 saturated carbocycles. The molecule has 2 aromatic rings. The van der Waals surface area contributed by atoms with E-state index < -0.39 is 0 Å². The van der Waals surface area contributed by atoms with Crippen molar-refractivity contribution in [2.24, 2.45) is 0 Å². The average Bonchev–Trinajstić information content (AvgIpc) is 2.52. The van der Waals surface area contributed by atoms with Gasteiger partial charge in [0.2, 0.25) is 0 Å². The Kier molecular flexibility index (Phi) is 5.90. The van der Waals surface area contributed by atoms with Crippen molar-refractivity contribution < 1.29 is 9.47 Å². The molecule has 0 aliphatic carbocycles. The summed E-state index contributed by atoms with van der Waals surface area (Å²) in [7, 11) is 1.66. The molecule has 3 nitrogen and oxygen atoms in total. The maximum Gasteiger partial charge on any atom is 0.127 e. The molecule has 0 saturated heterocycles. The van der Waals surface area contributed by atoms with E-state index in [1.54, 1.807) is 7.11 Å². The number of hydrogen-bond donors (Lipinski definition) is 1. The summed E-state index contributed by atoms with van der Waals surface area (Å²) in [5, 5.41) is 4.04. The highest BCUT2D eigenvalue weighted by Gasteiger charge is 2.06. The fourth-order valence-electron chi connectivity index (χ4n) is 1.94. The molecular weight excluding hydrogens is 286 g/mol. The lowest BCUT2D eigenvalue weighted by molar-refractivity contribution is 0.299. The van der Waals surface area contributed by atoms with Crippen molar-refractivity contribution in [2.45, 2.75) is 20.1 Å². The second-order valence-electron chi connectivity index (χ2n) is 4.67. The van der Waals surface area contributed by atoms with Gasteiger partial charge in [0.05, 0.1) is 7.11 Å². The Morgan fingerprint density at radius 3 is 2.52 bits per heavy atom. The molecule has 0 aliphatic heterocycles. The first kappa shape index (κ1) is 15.7. The predicted molar refractivity (Wildman–Crippen MR) is 86.2 cm³/mol. The standard InChI is InChI=1S/C17H20ClNO2/c1-3-19-11-14-6-9-16(20-2)10-17(14)21-12-13-4-7-15(18)8-5-13/h4-10,19H,3,11-12H2,1-2H3. The maximum absolute atomic E-state index is 5.94. The second-order valence-corrected chi connectivity index (χ2v) is 5.11. The molecule has 0 aromatic heterocycles. The smallest absolute Gasteiger partial charge is 0.127 e. The van der Waals surface area contributed by atoms with Gasteiger partial charge in [0, 0.05) is 23.2 Å². The normalized spacial score (nSPS) is 10.4. The Labute approximate surface area is 130 Å². The fraction of sp³-hybridized carbons (Fsp3) is 0.294. The van der Waals surface area contributed by atoms with Gasteiger partial charge in [0.15, 0.2) is 0 Å². The molecule has 4 heteroatoms. The second kappa shape index (κ2) is 7.91. The molecule has 21 heavy (non-hydrogen) atoms. The van der Waals surface area contributed by atoms with E-state index in [2.05, 4.69) is 12.2 Å². The van der Waals surface area contributed by atoms with Crippen molar-refractivity contribution in [3.63, 3.8) is 0 Å². The molecule has 1 N–H and O–H groups in total. The van der Waals surface area contributed by atoms with Crippen LogP contribution in [0.5, 0.6) is 11.5 Å². The molecule has 0 aliphatic rings. The highest BCUT2D eigenvalue weighted by molar-refractivity contribution is 6.30. The lowest BCUT2D eigenvalue weighted by Crippen LogP contribution is -2.13. The summed E-state index contributed by atoms with van der Waals surface area (Å²) in [5.74, 6) is 1.63. The van der Waals surface area contributed by atoms with Gasteiger partial charge in [-0.3, -0.25) is 0 Å². The van der Waals surface area contributed by atoms with Gasteiger partial charge in [-0.1, -0.05) is 36.7 Å². The molecule has 112 valence electrons. The monoisotopic (exact) mass is 305 g/mol. The summed E-state index contributed by atoms with van der Waals surface area (Å²) in [6.07, 6.45) is 0. The lowest BCUT2D eigenvalue weighted by Gasteiger charge is -2.13. The van der Waals surface area contributed by atoms with Crippen LogP contribution >= 0.6 is 11.6 Å². The van der Waals surface area contributed by atoms with Crippen molar-refractivity contribution in [1.29, 1.82) is 0 Å². The number of nitrogens with one attached hydrogen (secondary N) is 1. The third-order valence-electron chi connectivity index (χ3n) is 3.15. The van der Waals surface area contributed by atoms with Crippen molar-refractivity contribution >= 4 is 11.6 Å². The number of halogens is 1. The molecule has 0 unspecified atom stereocenters. The molecular formula is C17H20ClNO2. The fourth-order valence-corrected chi connectivity index (χ4v) is 2.07. The van der Waals surface area contributed by atoms with E-state index >= 15 is 0 Å². The van der Waals surface area contributed by atoms with Gasteiger partial charge in [-0.25, -0.2) is 0 Å². The van der Waals surface area contributed by atoms with E-state index in [0.717, 1.165) is 40.7 Å². The van der Waals surface area contributed by atoms with Gasteiger partial charge in [-0.05, 0) is 30.3 Å². The number of hydrogen-bond acceptors (Lipinski definition) is 3. The first-order valence-corrected chi connectivity index (χ1v) is 7.35. The first-order chi connectivity index (χ1) is 10.2. The van der Waals surface area contributed by atoms with Gasteiger partial charge >= 0.3 is 0 Å². The minimum absolute atomic E-state index is 0.503. The number of ether oxygens (including phenoxy) is 2. The number of rotatable bonds is 7. The highest BCUT2D eigenvalue weighted by atomic mass is 35.5. The topological polar surface area (TPSA) is 30.5 Å². The molecule has 0 fully saturated rings. The van der Waals surface area contributed by atoms with E-state index in [1.807, 2.05) is 42.5 Å². The zero-order valence-corrected chi connectivity index (χ0v) is 13.1. The predicted octanol–water partition coefficient (Wildman–Crippen LogP) is 4.04. The zero-order valence-electron chi connectivity index (χ0n) is 12.4. The SMILES string of the molecule is CCNCc1ccc(OC)cc1OCc1ccc(Cl)cc1. The summed E-state index contributed by atoms with van der Waals surface area (Å²) >= 11 is 5.89. The summed E-state index contributed by atoms with van der Waals surface area (Å²) in [5.41, 5.74) is 2.20. The average molecular weight is 306 g/mol. The Hall–Kier alpha value is -1.71. The lowest BCUT2D eigenvalue weighted by atomic mass is 10.2. The van der Waals surface area contributed by atoms with Crippen LogP contribution in [-0.4, -0.2) is 13.7 Å². The highest BCUT2D eigenvalue weighted by Crippen LogP contribution is 2.26. The maximum atomic E-state index is 5.94. The minimum atomic E-state index is 0.503. The molecule has 0 amide bonds. The molecule has 0 radical (unpaired) electrons. The molecule has 2 aromatic carbocycles. The quantitative estimate of drug-likeness (QED) is 0.837. The molecule has 0 bridgehead atoms. The van der Waals surface area contributed by atoms with Gasteiger partial charge in [-0.2, -0.15) is 0 Å². The first-order valence-electron chi connectivity index (χ1n) is 6.97. The van der Waals surface area contributed by atoms with Crippen LogP contribution in [0.3, 0.4) is 0 Å². The summed E-state index contributed by atoms with van der Waals surface area (Å²) in [6, 6.07) is 13.6. The third-order valence-corrected chi connectivity index (χ3v) is 3.40. The van der Waals surface area contributed by atoms with Crippen LogP contribution in [-0.2, 0) is 13.2 Å². The van der Waals surface area contributed by atoms with Crippen LogP contribution in [0.1, 0.15) is 18.1 Å². The van der Waals surface area contributed by atoms with Crippen molar-refractivity contribution in [2.75, 3.05) is 13.7 Å². The van der Waals surface area contributed by atoms with Gasteiger partial charge in [-0.15, -0.1) is 0 Å². The van der Waals surface area contributed by atoms with Crippen LogP contribution in [0.15, 0.2) is 42.5 Å².